The summed E-state index contributed by atoms with van der Waals surface area (Å²) < 4.78 is 58.9. The maximum atomic E-state index is 15.1. The smallest absolute Gasteiger partial charge is 0.306 e. The highest BCUT2D eigenvalue weighted by molar-refractivity contribution is 7.91. The van der Waals surface area contributed by atoms with Crippen LogP contribution in [0.4, 0.5) is 0 Å². The molecule has 16 heteroatoms. The number of nitrogens with zero attached hydrogens (tertiary/aromatic N) is 3. The van der Waals surface area contributed by atoms with Gasteiger partial charge in [0.05, 0.1) is 61.2 Å². The number of nitrogens with one attached hydrogen (secondary N) is 1. The van der Waals surface area contributed by atoms with Gasteiger partial charge in [-0.2, -0.15) is 0 Å². The number of carbonyl (C=O) groups excluding carboxylic acids is 4. The number of Topliss-reactive ketones (excluding diaryl/α,β-unsaturated/α-hetero) is 1. The highest BCUT2D eigenvalue weighted by atomic mass is 32.2. The number of benzene rings is 1. The number of ether oxygens (including phenoxy) is 5. The number of para-hydroxylation sites is 1. The lowest BCUT2D eigenvalue weighted by Crippen LogP contribution is -2.49. The van der Waals surface area contributed by atoms with Crippen molar-refractivity contribution in [3.8, 4) is 11.6 Å². The molecule has 1 N–H and O–H groups in total. The SMILES string of the molecule is C=C[C@@H]1C[C@]1(CC(=O)[C@@H]1C[C@@H]2CN1C(=O)[C@H](C(C)(C)C)CC(=O)O[C@@H]1CCC[C@H]1CCCCCc1c(nc3ccccc3c1OCCN1CCOCC1)O2)C(=O)NS(=O)(=O)C1(COC)CC1. The van der Waals surface area contributed by atoms with Gasteiger partial charge in [0.2, 0.25) is 27.7 Å². The van der Waals surface area contributed by atoms with Crippen molar-refractivity contribution >= 4 is 44.5 Å². The minimum atomic E-state index is -4.12. The standard InChI is InChI=1S/C50H70N4O11S/c1-6-34-29-50(34,47(58)52-66(59,60)49(19-20-49)32-61-5)30-41(55)40-27-35-31-54(40)46(57)38(48(2,3)4)28-43(56)65-42-18-12-14-33(42)13-8-7-9-16-37-44(63-26-23-53-21-24-62-25-22-53)36-15-10-11-17-39(36)51-45(37)64-35/h6,10-11,15,17,33-35,38,40,42H,1,7-9,12-14,16,18-32H2,2-5H3,(H,52,58)/t33-,34-,35-,38-,40+,42-,50-/m1/s1. The van der Waals surface area contributed by atoms with E-state index in [0.29, 0.717) is 50.5 Å². The van der Waals surface area contributed by atoms with E-state index in [9.17, 15) is 22.8 Å². The van der Waals surface area contributed by atoms with Gasteiger partial charge >= 0.3 is 5.97 Å². The molecule has 3 aliphatic heterocycles. The third kappa shape index (κ3) is 10.3. The Labute approximate surface area is 390 Å². The van der Waals surface area contributed by atoms with Crippen molar-refractivity contribution in [3.05, 3.63) is 42.5 Å². The van der Waals surface area contributed by atoms with Crippen LogP contribution < -0.4 is 14.2 Å². The molecule has 0 spiro atoms. The van der Waals surface area contributed by atoms with Gasteiger partial charge in [-0.05, 0) is 87.2 Å². The van der Waals surface area contributed by atoms with Crippen LogP contribution >= 0.6 is 0 Å². The van der Waals surface area contributed by atoms with Crippen LogP contribution in [0.3, 0.4) is 0 Å². The number of carbonyl (C=O) groups is 4. The van der Waals surface area contributed by atoms with Crippen LogP contribution in [0.5, 0.6) is 11.6 Å². The summed E-state index contributed by atoms with van der Waals surface area (Å²) in [6.07, 6.45) is 8.36. The van der Waals surface area contributed by atoms with E-state index in [1.807, 2.05) is 45.0 Å². The number of allylic oxidation sites excluding steroid dienone is 1. The van der Waals surface area contributed by atoms with Gasteiger partial charge in [-0.1, -0.05) is 51.8 Å². The molecule has 6 aliphatic rings. The lowest BCUT2D eigenvalue weighted by Gasteiger charge is -2.35. The number of aromatic nitrogens is 1. The molecule has 0 radical (unpaired) electrons. The molecule has 2 saturated heterocycles. The molecule has 1 aromatic carbocycles. The summed E-state index contributed by atoms with van der Waals surface area (Å²) in [5.74, 6) is -1.86. The number of sulfonamides is 1. The topological polar surface area (TPSA) is 180 Å². The number of rotatable bonds is 13. The second-order valence-electron chi connectivity index (χ2n) is 20.9. The van der Waals surface area contributed by atoms with E-state index >= 15 is 4.79 Å². The summed E-state index contributed by atoms with van der Waals surface area (Å²) in [4.78, 5) is 67.0. The molecule has 2 bridgehead atoms. The van der Waals surface area contributed by atoms with E-state index in [-0.39, 0.29) is 56.8 Å². The number of hydrogen-bond donors (Lipinski definition) is 1. The molecule has 1 aromatic heterocycles. The van der Waals surface area contributed by atoms with Crippen molar-refractivity contribution in [3.63, 3.8) is 0 Å². The fourth-order valence-electron chi connectivity index (χ4n) is 10.9. The quantitative estimate of drug-likeness (QED) is 0.184. The molecule has 66 heavy (non-hydrogen) atoms. The Morgan fingerprint density at radius 1 is 1.03 bits per heavy atom. The third-order valence-electron chi connectivity index (χ3n) is 15.3. The monoisotopic (exact) mass is 934 g/mol. The maximum absolute atomic E-state index is 15.1. The number of fused-ring (bicyclic) bond motifs is 5. The number of hydrogen-bond acceptors (Lipinski definition) is 13. The summed E-state index contributed by atoms with van der Waals surface area (Å²) >= 11 is 0. The summed E-state index contributed by atoms with van der Waals surface area (Å²) in [6, 6.07) is 6.81. The van der Waals surface area contributed by atoms with Crippen LogP contribution in [0.25, 0.3) is 10.9 Å². The van der Waals surface area contributed by atoms with Crippen molar-refractivity contribution in [1.29, 1.82) is 0 Å². The Morgan fingerprint density at radius 3 is 2.50 bits per heavy atom. The average Bonchev–Trinajstić information content (AvgIpc) is 4.12. The molecule has 7 atom stereocenters. The fraction of sp³-hybridized carbons (Fsp3) is 0.700. The Morgan fingerprint density at radius 2 is 1.79 bits per heavy atom. The summed E-state index contributed by atoms with van der Waals surface area (Å²) in [7, 11) is -2.70. The zero-order valence-electron chi connectivity index (χ0n) is 39.4. The number of esters is 1. The van der Waals surface area contributed by atoms with Crippen LogP contribution in [0.15, 0.2) is 36.9 Å². The van der Waals surface area contributed by atoms with Gasteiger partial charge < -0.3 is 28.6 Å². The molecule has 2 amide bonds. The highest BCUT2D eigenvalue weighted by Gasteiger charge is 2.63. The molecule has 5 fully saturated rings. The van der Waals surface area contributed by atoms with E-state index in [1.165, 1.54) is 12.0 Å². The minimum absolute atomic E-state index is 0.0285. The van der Waals surface area contributed by atoms with Crippen molar-refractivity contribution in [2.45, 2.75) is 134 Å². The second kappa shape index (κ2) is 19.8. The van der Waals surface area contributed by atoms with E-state index < -0.39 is 67.2 Å². The molecule has 362 valence electrons. The van der Waals surface area contributed by atoms with Gasteiger partial charge in [0.25, 0.3) is 0 Å². The number of amides is 2. The van der Waals surface area contributed by atoms with Crippen LogP contribution in [0, 0.1) is 28.6 Å². The first kappa shape index (κ1) is 48.3. The first-order valence-corrected chi connectivity index (χ1v) is 25.8. The van der Waals surface area contributed by atoms with Gasteiger partial charge in [-0.25, -0.2) is 13.4 Å². The van der Waals surface area contributed by atoms with Gasteiger partial charge in [0.1, 0.15) is 29.3 Å². The second-order valence-corrected chi connectivity index (χ2v) is 22.9. The lowest BCUT2D eigenvalue weighted by molar-refractivity contribution is -0.158. The molecule has 0 unspecified atom stereocenters. The Balaban J connectivity index is 1.13. The summed E-state index contributed by atoms with van der Waals surface area (Å²) in [6.45, 7) is 13.8. The van der Waals surface area contributed by atoms with Crippen LogP contribution in [-0.2, 0) is 49.8 Å². The van der Waals surface area contributed by atoms with Gasteiger partial charge in [-0.3, -0.25) is 28.8 Å². The number of ketones is 1. The molecule has 3 aliphatic carbocycles. The van der Waals surface area contributed by atoms with Crippen molar-refractivity contribution in [2.75, 3.05) is 59.7 Å². The zero-order valence-corrected chi connectivity index (χ0v) is 40.2. The predicted octanol–water partition coefficient (Wildman–Crippen LogP) is 5.95. The third-order valence-corrected chi connectivity index (χ3v) is 17.4. The zero-order chi connectivity index (χ0) is 46.9. The van der Waals surface area contributed by atoms with Crippen molar-refractivity contribution in [2.24, 2.45) is 28.6 Å². The molecule has 2 aromatic rings. The van der Waals surface area contributed by atoms with Gasteiger partial charge in [0, 0.05) is 45.0 Å². The normalized spacial score (nSPS) is 29.7. The molecular formula is C50H70N4O11S. The van der Waals surface area contributed by atoms with E-state index in [0.717, 1.165) is 81.3 Å². The first-order chi connectivity index (χ1) is 31.6. The van der Waals surface area contributed by atoms with Crippen LogP contribution in [-0.4, -0.2) is 129 Å². The number of pyridine rings is 1. The first-order valence-electron chi connectivity index (χ1n) is 24.3. The van der Waals surface area contributed by atoms with Crippen molar-refractivity contribution in [1.82, 2.24) is 19.5 Å². The summed E-state index contributed by atoms with van der Waals surface area (Å²) in [5.41, 5.74) is -0.515. The van der Waals surface area contributed by atoms with E-state index in [2.05, 4.69) is 16.2 Å². The van der Waals surface area contributed by atoms with Gasteiger partial charge in [0.15, 0.2) is 5.78 Å². The molecule has 3 saturated carbocycles. The largest absolute Gasteiger partial charge is 0.491 e. The molecular weight excluding hydrogens is 865 g/mol. The Kier molecular flexibility index (Phi) is 14.5. The van der Waals surface area contributed by atoms with Gasteiger partial charge in [-0.15, -0.1) is 6.58 Å². The molecule has 8 rings (SSSR count). The Hall–Kier alpha value is -4.12. The molecule has 4 heterocycles. The number of methoxy groups -OCH3 is 1. The van der Waals surface area contributed by atoms with Crippen molar-refractivity contribution < 1.29 is 51.3 Å². The van der Waals surface area contributed by atoms with E-state index in [4.69, 9.17) is 28.7 Å². The lowest BCUT2D eigenvalue weighted by atomic mass is 9.77. The van der Waals surface area contributed by atoms with Crippen LogP contribution in [0.1, 0.15) is 110 Å². The fourth-order valence-corrected chi connectivity index (χ4v) is 12.5. The van der Waals surface area contributed by atoms with Crippen LogP contribution in [0.2, 0.25) is 0 Å². The Bertz CT molecular complexity index is 2250. The molecule has 15 nitrogen and oxygen atoms in total. The van der Waals surface area contributed by atoms with E-state index in [1.54, 1.807) is 6.08 Å². The predicted molar refractivity (Wildman–Crippen MR) is 247 cm³/mol. The highest BCUT2D eigenvalue weighted by Crippen LogP contribution is 2.57. The minimum Gasteiger partial charge on any atom is -0.491 e. The number of morpholine rings is 1. The average molecular weight is 935 g/mol. The summed E-state index contributed by atoms with van der Waals surface area (Å²) in [5, 5.41) is 0.880. The maximum Gasteiger partial charge on any atom is 0.306 e.